The van der Waals surface area contributed by atoms with Gasteiger partial charge in [-0.15, -0.1) is 0 Å². The third-order valence-corrected chi connectivity index (χ3v) is 6.06. The fraction of sp³-hybridized carbons (Fsp3) is 0.417. The molecule has 0 unspecified atom stereocenters. The number of hydrogen-bond donors (Lipinski definition) is 2. The molecule has 2 aromatic rings. The second-order valence-corrected chi connectivity index (χ2v) is 8.17. The van der Waals surface area contributed by atoms with Crippen molar-refractivity contribution in [3.63, 3.8) is 0 Å². The van der Waals surface area contributed by atoms with Gasteiger partial charge in [-0.3, -0.25) is 9.59 Å². The Kier molecular flexibility index (Phi) is 6.65. The summed E-state index contributed by atoms with van der Waals surface area (Å²) in [6.45, 7) is 3.84. The van der Waals surface area contributed by atoms with E-state index in [0.717, 1.165) is 11.1 Å². The van der Waals surface area contributed by atoms with Gasteiger partial charge in [0.2, 0.25) is 5.91 Å². The molecule has 3 atom stereocenters. The van der Waals surface area contributed by atoms with Gasteiger partial charge in [0.1, 0.15) is 17.1 Å². The van der Waals surface area contributed by atoms with Crippen molar-refractivity contribution in [1.82, 2.24) is 5.32 Å². The summed E-state index contributed by atoms with van der Waals surface area (Å²) in [7, 11) is 3.08. The van der Waals surface area contributed by atoms with Gasteiger partial charge < -0.3 is 20.5 Å². The summed E-state index contributed by atoms with van der Waals surface area (Å²) in [5.41, 5.74) is 6.48. The molecule has 0 aliphatic heterocycles. The molecular formula is C24H29FN2O4. The molecule has 0 saturated heterocycles. The van der Waals surface area contributed by atoms with E-state index in [2.05, 4.69) is 5.32 Å². The molecule has 0 radical (unpaired) electrons. The minimum atomic E-state index is -1.00. The number of ether oxygens (including phenoxy) is 2. The molecule has 7 heteroatoms. The summed E-state index contributed by atoms with van der Waals surface area (Å²) in [6.07, 6.45) is 1.05. The zero-order chi connectivity index (χ0) is 22.8. The molecule has 0 spiro atoms. The molecule has 3 rings (SSSR count). The molecule has 1 aliphatic carbocycles. The number of primary amides is 1. The number of nitrogens with two attached hydrogens (primary N) is 1. The monoisotopic (exact) mass is 428 g/mol. The second-order valence-electron chi connectivity index (χ2n) is 8.17. The number of nitrogens with one attached hydrogen (secondary N) is 1. The van der Waals surface area contributed by atoms with Crippen LogP contribution < -0.4 is 15.8 Å². The van der Waals surface area contributed by atoms with Crippen LogP contribution in [-0.4, -0.2) is 37.7 Å². The van der Waals surface area contributed by atoms with E-state index in [4.69, 9.17) is 15.2 Å². The minimum absolute atomic E-state index is 0.0847. The van der Waals surface area contributed by atoms with Crippen LogP contribution in [0.2, 0.25) is 0 Å². The molecule has 0 aromatic heterocycles. The number of esters is 1. The van der Waals surface area contributed by atoms with Crippen molar-refractivity contribution >= 4 is 11.9 Å². The third kappa shape index (κ3) is 4.28. The lowest BCUT2D eigenvalue weighted by atomic mass is 9.75. The maximum Gasteiger partial charge on any atom is 0.326 e. The van der Waals surface area contributed by atoms with Crippen LogP contribution in [0.1, 0.15) is 60.0 Å². The van der Waals surface area contributed by atoms with Gasteiger partial charge in [0, 0.05) is 11.5 Å². The predicted octanol–water partition coefficient (Wildman–Crippen LogP) is 3.50. The number of likely N-dealkylation sites (N-methyl/N-ethyl adjacent to an activating group) is 1. The van der Waals surface area contributed by atoms with E-state index >= 15 is 0 Å². The number of hydrogen-bond acceptors (Lipinski definition) is 5. The maximum atomic E-state index is 13.7. The fourth-order valence-corrected chi connectivity index (χ4v) is 4.72. The zero-order valence-corrected chi connectivity index (χ0v) is 18.3. The van der Waals surface area contributed by atoms with Gasteiger partial charge in [0.25, 0.3) is 0 Å². The maximum absolute atomic E-state index is 13.7. The van der Waals surface area contributed by atoms with Gasteiger partial charge in [-0.05, 0) is 81.1 Å². The van der Waals surface area contributed by atoms with Crippen molar-refractivity contribution in [3.05, 3.63) is 65.0 Å². The largest absolute Gasteiger partial charge is 0.491 e. The summed E-state index contributed by atoms with van der Waals surface area (Å²) in [5.74, 6) is -1.21. The topological polar surface area (TPSA) is 90.6 Å². The predicted molar refractivity (Wildman–Crippen MR) is 116 cm³/mol. The SMILES string of the molecule is CN[C@@]1(C(=O)OC)CC[C@H](c2cc(C(N)=O)ccc2OC(C)C)[C@H]1c1ccc(F)cc1. The van der Waals surface area contributed by atoms with E-state index in [1.54, 1.807) is 37.4 Å². The average Bonchev–Trinajstić information content (AvgIpc) is 3.14. The van der Waals surface area contributed by atoms with Gasteiger partial charge in [0.05, 0.1) is 13.2 Å². The molecule has 0 heterocycles. The van der Waals surface area contributed by atoms with Crippen molar-refractivity contribution in [3.8, 4) is 5.75 Å². The summed E-state index contributed by atoms with van der Waals surface area (Å²) in [6, 6.07) is 11.3. The molecule has 1 fully saturated rings. The first-order valence-electron chi connectivity index (χ1n) is 10.4. The number of benzene rings is 2. The van der Waals surface area contributed by atoms with Crippen LogP contribution in [0.15, 0.2) is 42.5 Å². The van der Waals surface area contributed by atoms with E-state index in [1.165, 1.54) is 19.2 Å². The average molecular weight is 429 g/mol. The lowest BCUT2D eigenvalue weighted by Gasteiger charge is -2.35. The van der Waals surface area contributed by atoms with Crippen LogP contribution in [0, 0.1) is 5.82 Å². The highest BCUT2D eigenvalue weighted by molar-refractivity contribution is 5.93. The van der Waals surface area contributed by atoms with Crippen LogP contribution in [0.4, 0.5) is 4.39 Å². The van der Waals surface area contributed by atoms with Gasteiger partial charge >= 0.3 is 5.97 Å². The normalized spacial score (nSPS) is 23.0. The Morgan fingerprint density at radius 1 is 1.19 bits per heavy atom. The number of carbonyl (C=O) groups excluding carboxylic acids is 2. The zero-order valence-electron chi connectivity index (χ0n) is 18.3. The van der Waals surface area contributed by atoms with E-state index in [-0.39, 0.29) is 29.7 Å². The second kappa shape index (κ2) is 9.06. The Bertz CT molecular complexity index is 961. The molecule has 166 valence electrons. The molecule has 3 N–H and O–H groups in total. The van der Waals surface area contributed by atoms with Gasteiger partial charge in [-0.1, -0.05) is 12.1 Å². The minimum Gasteiger partial charge on any atom is -0.491 e. The Balaban J connectivity index is 2.21. The molecule has 31 heavy (non-hydrogen) atoms. The lowest BCUT2D eigenvalue weighted by molar-refractivity contribution is -0.149. The van der Waals surface area contributed by atoms with Crippen LogP contribution in [0.25, 0.3) is 0 Å². The molecule has 6 nitrogen and oxygen atoms in total. The number of halogens is 1. The van der Waals surface area contributed by atoms with Gasteiger partial charge in [-0.25, -0.2) is 4.39 Å². The van der Waals surface area contributed by atoms with Crippen molar-refractivity contribution in [1.29, 1.82) is 0 Å². The number of amides is 1. The summed E-state index contributed by atoms with van der Waals surface area (Å²) < 4.78 is 24.9. The third-order valence-electron chi connectivity index (χ3n) is 6.06. The highest BCUT2D eigenvalue weighted by Crippen LogP contribution is 2.54. The van der Waals surface area contributed by atoms with Crippen molar-refractivity contribution < 1.29 is 23.5 Å². The van der Waals surface area contributed by atoms with Gasteiger partial charge in [0.15, 0.2) is 0 Å². The molecule has 0 bridgehead atoms. The van der Waals surface area contributed by atoms with Crippen LogP contribution >= 0.6 is 0 Å². The lowest BCUT2D eigenvalue weighted by Crippen LogP contribution is -2.53. The van der Waals surface area contributed by atoms with Crippen LogP contribution in [0.5, 0.6) is 5.75 Å². The van der Waals surface area contributed by atoms with E-state index in [0.29, 0.717) is 24.2 Å². The highest BCUT2D eigenvalue weighted by atomic mass is 19.1. The smallest absolute Gasteiger partial charge is 0.326 e. The molecule has 1 amide bonds. The summed E-state index contributed by atoms with van der Waals surface area (Å²) >= 11 is 0. The first kappa shape index (κ1) is 22.7. The fourth-order valence-electron chi connectivity index (χ4n) is 4.72. The Morgan fingerprint density at radius 2 is 1.87 bits per heavy atom. The summed E-state index contributed by atoms with van der Waals surface area (Å²) in [5, 5.41) is 3.19. The van der Waals surface area contributed by atoms with Gasteiger partial charge in [-0.2, -0.15) is 0 Å². The van der Waals surface area contributed by atoms with Crippen LogP contribution in [-0.2, 0) is 9.53 Å². The first-order valence-corrected chi connectivity index (χ1v) is 10.4. The summed E-state index contributed by atoms with van der Waals surface area (Å²) in [4.78, 5) is 24.9. The Morgan fingerprint density at radius 3 is 2.42 bits per heavy atom. The van der Waals surface area contributed by atoms with Crippen molar-refractivity contribution in [2.45, 2.75) is 50.2 Å². The molecule has 2 aromatic carbocycles. The standard InChI is InChI=1S/C24H29FN2O4/c1-14(2)31-20-10-7-16(22(26)28)13-19(20)18-11-12-24(27-3,23(29)30-4)21(18)15-5-8-17(25)9-6-15/h5-10,13-14,18,21,27H,11-12H2,1-4H3,(H2,26,28)/t18-,21-,24+/m1/s1. The quantitative estimate of drug-likeness (QED) is 0.659. The molecular weight excluding hydrogens is 399 g/mol. The Labute approximate surface area is 181 Å². The first-order chi connectivity index (χ1) is 14.7. The van der Waals surface area contributed by atoms with Crippen molar-refractivity contribution in [2.24, 2.45) is 5.73 Å². The highest BCUT2D eigenvalue weighted by Gasteiger charge is 2.55. The molecule has 1 aliphatic rings. The Hall–Kier alpha value is -2.93. The van der Waals surface area contributed by atoms with E-state index < -0.39 is 11.4 Å². The number of rotatable bonds is 7. The van der Waals surface area contributed by atoms with Crippen molar-refractivity contribution in [2.75, 3.05) is 14.2 Å². The van der Waals surface area contributed by atoms with Crippen LogP contribution in [0.3, 0.4) is 0 Å². The molecule has 1 saturated carbocycles. The number of methoxy groups -OCH3 is 1. The number of carbonyl (C=O) groups is 2. The van der Waals surface area contributed by atoms with E-state index in [9.17, 15) is 14.0 Å². The van der Waals surface area contributed by atoms with E-state index in [1.807, 2.05) is 13.8 Å².